The molecule has 0 aliphatic rings. The third-order valence-corrected chi connectivity index (χ3v) is 2.82. The Kier molecular flexibility index (Phi) is 29.0. The molecule has 0 bridgehead atoms. The van der Waals surface area contributed by atoms with Crippen LogP contribution in [0.25, 0.3) is 0 Å². The smallest absolute Gasteiger partial charge is 0.598 e. The van der Waals surface area contributed by atoms with E-state index < -0.39 is 8.25 Å². The normalized spacial score (nSPS) is 8.71. The first-order valence-electron chi connectivity index (χ1n) is 6.94. The molecule has 0 aliphatic heterocycles. The van der Waals surface area contributed by atoms with E-state index in [2.05, 4.69) is 25.1 Å². The molecule has 0 heterocycles. The molecule has 1 rings (SSSR count). The van der Waals surface area contributed by atoms with E-state index in [0.717, 1.165) is 0 Å². The van der Waals surface area contributed by atoms with Gasteiger partial charge < -0.3 is 9.79 Å². The Labute approximate surface area is 195 Å². The van der Waals surface area contributed by atoms with E-state index in [1.165, 1.54) is 56.9 Å². The van der Waals surface area contributed by atoms with E-state index in [1.807, 2.05) is 12.1 Å². The van der Waals surface area contributed by atoms with Crippen LogP contribution in [0.15, 0.2) is 24.3 Å². The largest absolute Gasteiger partial charge is 3.00 e. The molecule has 0 amide bonds. The van der Waals surface area contributed by atoms with Gasteiger partial charge >= 0.3 is 81.7 Å². The first-order valence-corrected chi connectivity index (χ1v) is 8.03. The van der Waals surface area contributed by atoms with Gasteiger partial charge in [-0.2, -0.15) is 35.9 Å². The molecule has 110 valence electrons. The van der Waals surface area contributed by atoms with Crippen molar-refractivity contribution >= 4 is 8.25 Å². The van der Waals surface area contributed by atoms with Gasteiger partial charge in [-0.05, 0) is 0 Å². The van der Waals surface area contributed by atoms with E-state index in [0.29, 0.717) is 0 Å². The van der Waals surface area contributed by atoms with Crippen LogP contribution < -0.4 is 9.79 Å². The fourth-order valence-electron chi connectivity index (χ4n) is 1.86. The van der Waals surface area contributed by atoms with Crippen molar-refractivity contribution in [3.63, 3.8) is 0 Å². The summed E-state index contributed by atoms with van der Waals surface area (Å²) in [6, 6.07) is 11.6. The van der Waals surface area contributed by atoms with Crippen LogP contribution in [0, 0.1) is 87.7 Å². The molecule has 1 aromatic rings. The fraction of sp³-hybridized carbons (Fsp3) is 0.600. The van der Waals surface area contributed by atoms with Crippen LogP contribution in [-0.4, -0.2) is 0 Å². The quantitative estimate of drug-likeness (QED) is 0.274. The van der Waals surface area contributed by atoms with E-state index in [1.54, 1.807) is 0 Å². The van der Waals surface area contributed by atoms with Crippen LogP contribution in [0.4, 0.5) is 0 Å². The number of hydrogen-bond donors (Lipinski definition) is 0. The van der Waals surface area contributed by atoms with Crippen molar-refractivity contribution in [2.75, 3.05) is 0 Å². The second-order valence-corrected chi connectivity index (χ2v) is 4.93. The average Bonchev–Trinajstić information content (AvgIpc) is 2.38. The van der Waals surface area contributed by atoms with E-state index in [9.17, 15) is 0 Å². The third kappa shape index (κ3) is 24.3. The molecule has 0 aromatic heterocycles. The van der Waals surface area contributed by atoms with Crippen LogP contribution >= 0.6 is 8.25 Å². The van der Waals surface area contributed by atoms with Gasteiger partial charge in [0.1, 0.15) is 0 Å². The van der Waals surface area contributed by atoms with E-state index in [4.69, 9.17) is 14.4 Å². The molecule has 0 spiro atoms. The molecule has 0 saturated carbocycles. The molecule has 0 saturated heterocycles. The molecule has 0 atom stereocenters. The van der Waals surface area contributed by atoms with Gasteiger partial charge in [0.05, 0.1) is 0 Å². The maximum Gasteiger partial charge on any atom is 3.00 e. The summed E-state index contributed by atoms with van der Waals surface area (Å²) in [4.78, 5) is 17.0. The van der Waals surface area contributed by atoms with Crippen LogP contribution in [0.3, 0.4) is 0 Å². The first kappa shape index (κ1) is 27.8. The van der Waals surface area contributed by atoms with Gasteiger partial charge in [-0.15, -0.1) is 0 Å². The van der Waals surface area contributed by atoms with Crippen molar-refractivity contribution in [2.45, 2.75) is 58.3 Å². The van der Waals surface area contributed by atoms with Gasteiger partial charge in [0.15, 0.2) is 0 Å². The average molecular weight is 571 g/mol. The van der Waals surface area contributed by atoms with Crippen molar-refractivity contribution in [1.82, 2.24) is 0 Å². The second-order valence-electron chi connectivity index (χ2n) is 4.48. The zero-order chi connectivity index (χ0) is 14.3. The number of aryl methyl sites for hydroxylation is 1. The minimum Gasteiger partial charge on any atom is -0.598 e. The Bertz CT molecular complexity index is 320. The fourth-order valence-corrected chi connectivity index (χ4v) is 1.86. The Hall–Kier alpha value is 1.94. The molecule has 3 nitrogen and oxygen atoms in total. The predicted molar refractivity (Wildman–Crippen MR) is 74.6 cm³/mol. The van der Waals surface area contributed by atoms with E-state index >= 15 is 0 Å². The number of benzene rings is 1. The summed E-state index contributed by atoms with van der Waals surface area (Å²) in [5.74, 6) is 0. The number of unbranched alkanes of at least 4 members (excludes halogenated alkanes) is 6. The predicted octanol–water partition coefficient (Wildman–Crippen LogP) is 3.14. The summed E-state index contributed by atoms with van der Waals surface area (Å²) in [5, 5.41) is 0. The van der Waals surface area contributed by atoms with Crippen LogP contribution in [-0.2, 0) is 11.0 Å². The monoisotopic (exact) mass is 566 g/mol. The maximum absolute atomic E-state index is 8.48. The summed E-state index contributed by atoms with van der Waals surface area (Å²) in [6.07, 6.45) is 10.9. The van der Waals surface area contributed by atoms with Crippen LogP contribution in [0.1, 0.15) is 57.4 Å². The Morgan fingerprint density at radius 1 is 1.00 bits per heavy atom. The van der Waals surface area contributed by atoms with Crippen molar-refractivity contribution < 1.29 is 96.0 Å². The van der Waals surface area contributed by atoms with Crippen LogP contribution in [0.2, 0.25) is 0 Å². The molecule has 0 unspecified atom stereocenters. The molecular formula is C15H23Nd2O3P+4. The summed E-state index contributed by atoms with van der Waals surface area (Å²) in [5.41, 5.74) is 1.37. The minimum absolute atomic E-state index is 0. The summed E-state index contributed by atoms with van der Waals surface area (Å²) >= 11 is 0. The van der Waals surface area contributed by atoms with Crippen molar-refractivity contribution in [3.05, 3.63) is 35.9 Å². The molecular weight excluding hydrogens is 548 g/mol. The standard InChI is InChI=1S/C15H23.2Nd.HO3P/c1-2-3-4-5-6-7-9-12-15-13-10-8-11-14-15;;;1-4(2)3/h8,10-11,13H,2-7,9,12H2,1H3;;;(H,1,2,3)/q-1;2*+3;/p-1. The molecule has 21 heavy (non-hydrogen) atoms. The van der Waals surface area contributed by atoms with Gasteiger partial charge in [0, 0.05) is 0 Å². The van der Waals surface area contributed by atoms with Gasteiger partial charge in [0.25, 0.3) is 8.25 Å². The number of rotatable bonds is 8. The van der Waals surface area contributed by atoms with Crippen LogP contribution in [0.5, 0.6) is 0 Å². The van der Waals surface area contributed by atoms with Gasteiger partial charge in [-0.25, -0.2) is 0 Å². The van der Waals surface area contributed by atoms with E-state index in [-0.39, 0.29) is 81.7 Å². The molecule has 2 radical (unpaired) electrons. The SMILES string of the molecule is CCCCCCCCCc1[c-]cccc1.O=[P+]([O-])[O-].[Nd+3].[Nd+3]. The Morgan fingerprint density at radius 2 is 1.52 bits per heavy atom. The first-order chi connectivity index (χ1) is 9.16. The van der Waals surface area contributed by atoms with Crippen molar-refractivity contribution in [1.29, 1.82) is 0 Å². The molecule has 0 N–H and O–H groups in total. The molecule has 0 aliphatic carbocycles. The second kappa shape index (κ2) is 21.9. The summed E-state index contributed by atoms with van der Waals surface area (Å²) < 4.78 is 8.48. The summed E-state index contributed by atoms with van der Waals surface area (Å²) in [6.45, 7) is 2.27. The minimum atomic E-state index is -3.37. The topological polar surface area (TPSA) is 63.2 Å². The van der Waals surface area contributed by atoms with Gasteiger partial charge in [-0.3, -0.25) is 0 Å². The van der Waals surface area contributed by atoms with Crippen molar-refractivity contribution in [2.24, 2.45) is 0 Å². The Morgan fingerprint density at radius 3 is 2.00 bits per heavy atom. The number of hydrogen-bond acceptors (Lipinski definition) is 3. The zero-order valence-corrected chi connectivity index (χ0v) is 19.9. The summed E-state index contributed by atoms with van der Waals surface area (Å²) in [7, 11) is -3.37. The molecule has 6 heteroatoms. The van der Waals surface area contributed by atoms with Gasteiger partial charge in [0.2, 0.25) is 0 Å². The molecule has 0 fully saturated rings. The van der Waals surface area contributed by atoms with Crippen molar-refractivity contribution in [3.8, 4) is 0 Å². The Balaban J connectivity index is -0.000000482. The zero-order valence-electron chi connectivity index (χ0n) is 12.6. The maximum atomic E-state index is 8.48. The third-order valence-electron chi connectivity index (χ3n) is 2.82. The molecule has 1 aromatic carbocycles. The van der Waals surface area contributed by atoms with Gasteiger partial charge in [-0.1, -0.05) is 62.9 Å².